The fraction of sp³-hybridized carbons (Fsp3) is 0.571. The van der Waals surface area contributed by atoms with Crippen molar-refractivity contribution in [2.45, 2.75) is 44.2 Å². The summed E-state index contributed by atoms with van der Waals surface area (Å²) in [6, 6.07) is 7.04. The first-order valence-electron chi connectivity index (χ1n) is 6.44. The number of rotatable bonds is 2. The van der Waals surface area contributed by atoms with Crippen molar-refractivity contribution in [3.8, 4) is 0 Å². The van der Waals surface area contributed by atoms with E-state index in [0.717, 1.165) is 5.56 Å². The van der Waals surface area contributed by atoms with Gasteiger partial charge in [0.25, 0.3) is 0 Å². The number of ether oxygens (including phenoxy) is 1. The monoisotopic (exact) mass is 283 g/mol. The minimum atomic E-state index is -3.47. The summed E-state index contributed by atoms with van der Waals surface area (Å²) >= 11 is 0. The van der Waals surface area contributed by atoms with Gasteiger partial charge in [0.15, 0.2) is 0 Å². The molecule has 0 amide bonds. The molecule has 0 aromatic heterocycles. The van der Waals surface area contributed by atoms with E-state index in [9.17, 15) is 8.42 Å². The van der Waals surface area contributed by atoms with Crippen LogP contribution in [0.15, 0.2) is 29.2 Å². The zero-order valence-electron chi connectivity index (χ0n) is 11.9. The predicted octanol–water partition coefficient (Wildman–Crippen LogP) is 2.18. The smallest absolute Gasteiger partial charge is 0.243 e. The van der Waals surface area contributed by atoms with Crippen molar-refractivity contribution in [1.82, 2.24) is 4.31 Å². The summed E-state index contributed by atoms with van der Waals surface area (Å²) < 4.78 is 32.7. The fourth-order valence-electron chi connectivity index (χ4n) is 2.28. The molecule has 0 N–H and O–H groups in total. The number of morpholine rings is 1. The Balaban J connectivity index is 2.43. The van der Waals surface area contributed by atoms with Crippen LogP contribution in [0.4, 0.5) is 0 Å². The van der Waals surface area contributed by atoms with E-state index in [1.165, 1.54) is 0 Å². The average molecular weight is 283 g/mol. The Kier molecular flexibility index (Phi) is 3.73. The number of nitrogens with zero attached hydrogens (tertiary/aromatic N) is 1. The van der Waals surface area contributed by atoms with Crippen LogP contribution in [0.1, 0.15) is 26.3 Å². The first-order chi connectivity index (χ1) is 8.73. The van der Waals surface area contributed by atoms with E-state index in [1.807, 2.05) is 33.8 Å². The molecule has 106 valence electrons. The van der Waals surface area contributed by atoms with Gasteiger partial charge >= 0.3 is 0 Å². The van der Waals surface area contributed by atoms with Crippen LogP contribution in [0.5, 0.6) is 0 Å². The van der Waals surface area contributed by atoms with Crippen molar-refractivity contribution in [2.75, 3.05) is 13.2 Å². The summed E-state index contributed by atoms with van der Waals surface area (Å²) in [5.41, 5.74) is 0.426. The lowest BCUT2D eigenvalue weighted by Crippen LogP contribution is -2.57. The van der Waals surface area contributed by atoms with Crippen molar-refractivity contribution in [3.05, 3.63) is 29.8 Å². The molecule has 1 unspecified atom stereocenters. The molecule has 1 fully saturated rings. The van der Waals surface area contributed by atoms with Crippen LogP contribution in [0.25, 0.3) is 0 Å². The fourth-order valence-corrected chi connectivity index (χ4v) is 4.23. The van der Waals surface area contributed by atoms with Gasteiger partial charge in [-0.2, -0.15) is 4.31 Å². The summed E-state index contributed by atoms with van der Waals surface area (Å²) in [5.74, 6) is 0. The Hall–Kier alpha value is -0.910. The first kappa shape index (κ1) is 14.5. The third-order valence-electron chi connectivity index (χ3n) is 3.40. The molecule has 0 aliphatic carbocycles. The van der Waals surface area contributed by atoms with Crippen LogP contribution in [0.3, 0.4) is 0 Å². The van der Waals surface area contributed by atoms with Crippen molar-refractivity contribution in [2.24, 2.45) is 0 Å². The Labute approximate surface area is 115 Å². The topological polar surface area (TPSA) is 46.6 Å². The second-order valence-corrected chi connectivity index (χ2v) is 7.65. The van der Waals surface area contributed by atoms with E-state index >= 15 is 0 Å². The van der Waals surface area contributed by atoms with Crippen LogP contribution >= 0.6 is 0 Å². The van der Waals surface area contributed by atoms with Crippen LogP contribution in [0, 0.1) is 6.92 Å². The maximum absolute atomic E-state index is 12.8. The molecular weight excluding hydrogens is 262 g/mol. The molecule has 0 radical (unpaired) electrons. The van der Waals surface area contributed by atoms with Gasteiger partial charge in [-0.05, 0) is 45.4 Å². The second kappa shape index (κ2) is 4.89. The molecule has 1 aromatic carbocycles. The molecule has 0 spiro atoms. The van der Waals surface area contributed by atoms with Gasteiger partial charge in [0.2, 0.25) is 10.0 Å². The normalized spacial score (nSPS) is 24.3. The van der Waals surface area contributed by atoms with Crippen LogP contribution in [-0.2, 0) is 14.8 Å². The third kappa shape index (κ3) is 2.83. The van der Waals surface area contributed by atoms with E-state index < -0.39 is 15.6 Å². The highest BCUT2D eigenvalue weighted by molar-refractivity contribution is 7.89. The van der Waals surface area contributed by atoms with Gasteiger partial charge in [-0.15, -0.1) is 0 Å². The Morgan fingerprint density at radius 2 is 2.05 bits per heavy atom. The van der Waals surface area contributed by atoms with Crippen molar-refractivity contribution in [1.29, 1.82) is 0 Å². The molecule has 0 saturated carbocycles. The van der Waals surface area contributed by atoms with E-state index in [4.69, 9.17) is 4.74 Å². The van der Waals surface area contributed by atoms with Crippen LogP contribution in [0.2, 0.25) is 0 Å². The molecular formula is C14H21NO3S. The molecule has 1 aliphatic rings. The lowest BCUT2D eigenvalue weighted by molar-refractivity contribution is -0.0551. The largest absolute Gasteiger partial charge is 0.375 e. The first-order valence-corrected chi connectivity index (χ1v) is 7.88. The summed E-state index contributed by atoms with van der Waals surface area (Å²) in [4.78, 5) is 0.356. The average Bonchev–Trinajstić information content (AvgIpc) is 2.32. The molecule has 5 heteroatoms. The van der Waals surface area contributed by atoms with Gasteiger partial charge in [-0.3, -0.25) is 0 Å². The minimum Gasteiger partial charge on any atom is -0.375 e. The Bertz CT molecular complexity index is 566. The standard InChI is InChI=1S/C14H21NO3S/c1-11-6-5-7-13(8-11)19(16,17)15-9-12(2)18-10-14(15,3)4/h5-8,12H,9-10H2,1-4H3. The van der Waals surface area contributed by atoms with Gasteiger partial charge in [0, 0.05) is 6.54 Å². The predicted molar refractivity (Wildman–Crippen MR) is 74.6 cm³/mol. The molecule has 1 saturated heterocycles. The maximum atomic E-state index is 12.8. The van der Waals surface area contributed by atoms with Gasteiger partial charge in [0.1, 0.15) is 0 Å². The maximum Gasteiger partial charge on any atom is 0.243 e. The number of hydrogen-bond acceptors (Lipinski definition) is 3. The highest BCUT2D eigenvalue weighted by Gasteiger charge is 2.41. The molecule has 1 aliphatic heterocycles. The number of hydrogen-bond donors (Lipinski definition) is 0. The van der Waals surface area contributed by atoms with Crippen molar-refractivity contribution < 1.29 is 13.2 Å². The molecule has 19 heavy (non-hydrogen) atoms. The van der Waals surface area contributed by atoms with Gasteiger partial charge in [-0.25, -0.2) is 8.42 Å². The number of benzene rings is 1. The number of sulfonamides is 1. The molecule has 1 heterocycles. The lowest BCUT2D eigenvalue weighted by atomic mass is 10.1. The van der Waals surface area contributed by atoms with Gasteiger partial charge < -0.3 is 4.74 Å². The van der Waals surface area contributed by atoms with E-state index in [-0.39, 0.29) is 6.10 Å². The highest BCUT2D eigenvalue weighted by atomic mass is 32.2. The van der Waals surface area contributed by atoms with E-state index in [0.29, 0.717) is 18.0 Å². The Morgan fingerprint density at radius 3 is 2.68 bits per heavy atom. The summed E-state index contributed by atoms with van der Waals surface area (Å²) in [6.45, 7) is 8.39. The van der Waals surface area contributed by atoms with E-state index in [1.54, 1.807) is 22.5 Å². The van der Waals surface area contributed by atoms with Crippen molar-refractivity contribution in [3.63, 3.8) is 0 Å². The van der Waals surface area contributed by atoms with Crippen molar-refractivity contribution >= 4 is 10.0 Å². The zero-order chi connectivity index (χ0) is 14.3. The molecule has 1 atom stereocenters. The Morgan fingerprint density at radius 1 is 1.37 bits per heavy atom. The summed E-state index contributed by atoms with van der Waals surface area (Å²) in [5, 5.41) is 0. The minimum absolute atomic E-state index is 0.0763. The molecule has 2 rings (SSSR count). The highest BCUT2D eigenvalue weighted by Crippen LogP contribution is 2.29. The molecule has 1 aromatic rings. The quantitative estimate of drug-likeness (QED) is 0.836. The lowest BCUT2D eigenvalue weighted by Gasteiger charge is -2.43. The number of aryl methyl sites for hydroxylation is 1. The second-order valence-electron chi connectivity index (χ2n) is 5.79. The third-order valence-corrected chi connectivity index (χ3v) is 5.47. The van der Waals surface area contributed by atoms with Gasteiger partial charge in [-0.1, -0.05) is 12.1 Å². The van der Waals surface area contributed by atoms with E-state index in [2.05, 4.69) is 0 Å². The summed E-state index contributed by atoms with van der Waals surface area (Å²) in [7, 11) is -3.47. The summed E-state index contributed by atoms with van der Waals surface area (Å²) in [6.07, 6.45) is -0.0763. The van der Waals surface area contributed by atoms with Crippen LogP contribution in [-0.4, -0.2) is 37.5 Å². The zero-order valence-corrected chi connectivity index (χ0v) is 12.7. The molecule has 0 bridgehead atoms. The SMILES string of the molecule is Cc1cccc(S(=O)(=O)N2CC(C)OCC2(C)C)c1. The van der Waals surface area contributed by atoms with Gasteiger partial charge in [0.05, 0.1) is 23.1 Å². The molecule has 4 nitrogen and oxygen atoms in total. The van der Waals surface area contributed by atoms with Crippen LogP contribution < -0.4 is 0 Å².